The molecule has 1 aromatic carbocycles. The molecule has 0 saturated carbocycles. The van der Waals surface area contributed by atoms with Crippen LogP contribution in [0.1, 0.15) is 29.3 Å². The molecule has 0 aliphatic carbocycles. The van der Waals surface area contributed by atoms with Gasteiger partial charge in [-0.3, -0.25) is 9.69 Å². The summed E-state index contributed by atoms with van der Waals surface area (Å²) >= 11 is 17.9. The number of piperidine rings is 1. The summed E-state index contributed by atoms with van der Waals surface area (Å²) in [6.45, 7) is 1.44. The maximum atomic E-state index is 11.2. The van der Waals surface area contributed by atoms with Crippen LogP contribution < -0.4 is 0 Å². The number of thiophene rings is 1. The number of hydrogen-bond donors (Lipinski definition) is 1. The van der Waals surface area contributed by atoms with Crippen LogP contribution in [-0.2, 0) is 4.79 Å². The average Bonchev–Trinajstić information content (AvgIpc) is 2.98. The topological polar surface area (TPSA) is 40.5 Å². The number of carboxylic acid groups (broad SMARTS) is 1. The van der Waals surface area contributed by atoms with Gasteiger partial charge in [0.25, 0.3) is 0 Å². The summed E-state index contributed by atoms with van der Waals surface area (Å²) in [5.41, 5.74) is 0.965. The molecule has 1 unspecified atom stereocenters. The van der Waals surface area contributed by atoms with Gasteiger partial charge in [-0.2, -0.15) is 0 Å². The molecule has 1 fully saturated rings. The second-order valence-corrected chi connectivity index (χ2v) is 9.12. The van der Waals surface area contributed by atoms with Crippen LogP contribution in [-0.4, -0.2) is 29.1 Å². The highest BCUT2D eigenvalue weighted by atomic mass is 79.9. The van der Waals surface area contributed by atoms with Crippen LogP contribution in [0.25, 0.3) is 0 Å². The van der Waals surface area contributed by atoms with Crippen LogP contribution in [0.3, 0.4) is 0 Å². The van der Waals surface area contributed by atoms with Gasteiger partial charge in [-0.1, -0.05) is 35.3 Å². The van der Waals surface area contributed by atoms with E-state index in [1.165, 1.54) is 4.88 Å². The Morgan fingerprint density at radius 3 is 2.54 bits per heavy atom. The summed E-state index contributed by atoms with van der Waals surface area (Å²) in [5, 5.41) is 10.3. The molecular weight excluding hydrogens is 433 g/mol. The van der Waals surface area contributed by atoms with Crippen molar-refractivity contribution in [2.75, 3.05) is 13.1 Å². The molecule has 1 aliphatic rings. The molecule has 1 aromatic heterocycles. The fourth-order valence-corrected chi connectivity index (χ4v) is 5.13. The third-order valence-electron chi connectivity index (χ3n) is 4.38. The molecule has 128 valence electrons. The van der Waals surface area contributed by atoms with Crippen molar-refractivity contribution in [3.63, 3.8) is 0 Å². The molecule has 7 heteroatoms. The molecule has 1 saturated heterocycles. The Labute approximate surface area is 163 Å². The zero-order valence-electron chi connectivity index (χ0n) is 12.7. The van der Waals surface area contributed by atoms with Crippen LogP contribution in [0.5, 0.6) is 0 Å². The number of carboxylic acids is 1. The first-order chi connectivity index (χ1) is 11.5. The van der Waals surface area contributed by atoms with Gasteiger partial charge >= 0.3 is 5.97 Å². The standard InChI is InChI=1S/C17H16BrCl2NO2S/c18-14-5-4-13(24-14)16(11-2-1-3-12(19)15(11)20)21-8-6-10(7-9-21)17(22)23/h1-5,10,16H,6-9H2,(H,22,23). The van der Waals surface area contributed by atoms with Crippen LogP contribution in [0.2, 0.25) is 10.0 Å². The highest BCUT2D eigenvalue weighted by Gasteiger charge is 2.32. The summed E-state index contributed by atoms with van der Waals surface area (Å²) < 4.78 is 1.06. The fraction of sp³-hybridized carbons (Fsp3) is 0.353. The van der Waals surface area contributed by atoms with Gasteiger partial charge < -0.3 is 5.11 Å². The van der Waals surface area contributed by atoms with Crippen molar-refractivity contribution in [2.24, 2.45) is 5.92 Å². The zero-order valence-corrected chi connectivity index (χ0v) is 16.6. The Hall–Kier alpha value is -0.590. The molecule has 0 spiro atoms. The van der Waals surface area contributed by atoms with Gasteiger partial charge in [0.2, 0.25) is 0 Å². The number of likely N-dealkylation sites (tertiary alicyclic amines) is 1. The largest absolute Gasteiger partial charge is 0.481 e. The minimum absolute atomic E-state index is 0.0118. The number of benzene rings is 1. The Balaban J connectivity index is 1.95. The summed E-state index contributed by atoms with van der Waals surface area (Å²) in [4.78, 5) is 14.7. The maximum Gasteiger partial charge on any atom is 0.306 e. The van der Waals surface area contributed by atoms with Gasteiger partial charge in [0, 0.05) is 4.88 Å². The number of rotatable bonds is 4. The van der Waals surface area contributed by atoms with E-state index in [1.807, 2.05) is 18.2 Å². The monoisotopic (exact) mass is 447 g/mol. The molecule has 0 radical (unpaired) electrons. The quantitative estimate of drug-likeness (QED) is 0.651. The third kappa shape index (κ3) is 3.81. The summed E-state index contributed by atoms with van der Waals surface area (Å²) in [6, 6.07) is 9.78. The lowest BCUT2D eigenvalue weighted by molar-refractivity contribution is -0.143. The first kappa shape index (κ1) is 18.2. The lowest BCUT2D eigenvalue weighted by Crippen LogP contribution is -2.39. The Morgan fingerprint density at radius 2 is 1.96 bits per heavy atom. The van der Waals surface area contributed by atoms with E-state index in [4.69, 9.17) is 23.2 Å². The van der Waals surface area contributed by atoms with Crippen molar-refractivity contribution >= 4 is 56.4 Å². The number of hydrogen-bond acceptors (Lipinski definition) is 3. The van der Waals surface area contributed by atoms with Gasteiger partial charge in [0.1, 0.15) is 0 Å². The van der Waals surface area contributed by atoms with E-state index < -0.39 is 5.97 Å². The summed E-state index contributed by atoms with van der Waals surface area (Å²) in [6.07, 6.45) is 1.30. The zero-order chi connectivity index (χ0) is 17.3. The van der Waals surface area contributed by atoms with E-state index in [1.54, 1.807) is 17.4 Å². The lowest BCUT2D eigenvalue weighted by atomic mass is 9.94. The molecule has 1 aliphatic heterocycles. The first-order valence-electron chi connectivity index (χ1n) is 7.63. The van der Waals surface area contributed by atoms with Gasteiger partial charge in [0.15, 0.2) is 0 Å². The van der Waals surface area contributed by atoms with Crippen molar-refractivity contribution in [1.29, 1.82) is 0 Å². The molecule has 0 bridgehead atoms. The normalized spacial score (nSPS) is 17.8. The molecule has 3 rings (SSSR count). The van der Waals surface area contributed by atoms with E-state index >= 15 is 0 Å². The van der Waals surface area contributed by atoms with Crippen LogP contribution in [0.15, 0.2) is 34.1 Å². The van der Waals surface area contributed by atoms with Crippen molar-refractivity contribution in [1.82, 2.24) is 4.90 Å². The number of nitrogens with zero attached hydrogens (tertiary/aromatic N) is 1. The van der Waals surface area contributed by atoms with Crippen molar-refractivity contribution in [3.05, 3.63) is 54.6 Å². The Bertz CT molecular complexity index is 744. The molecule has 2 heterocycles. The maximum absolute atomic E-state index is 11.2. The molecule has 1 N–H and O–H groups in total. The predicted molar refractivity (Wildman–Crippen MR) is 102 cm³/mol. The van der Waals surface area contributed by atoms with Gasteiger partial charge in [0.05, 0.1) is 25.8 Å². The van der Waals surface area contributed by atoms with Crippen LogP contribution in [0, 0.1) is 5.92 Å². The summed E-state index contributed by atoms with van der Waals surface area (Å²) in [7, 11) is 0. The van der Waals surface area contributed by atoms with E-state index in [-0.39, 0.29) is 12.0 Å². The number of carbonyl (C=O) groups is 1. The molecule has 24 heavy (non-hydrogen) atoms. The fourth-order valence-electron chi connectivity index (χ4n) is 3.14. The summed E-state index contributed by atoms with van der Waals surface area (Å²) in [5.74, 6) is -0.960. The number of aliphatic carboxylic acids is 1. The highest BCUT2D eigenvalue weighted by molar-refractivity contribution is 9.11. The predicted octanol–water partition coefficient (Wildman–Crippen LogP) is 5.70. The van der Waals surface area contributed by atoms with Crippen LogP contribution >= 0.6 is 50.5 Å². The first-order valence-corrected chi connectivity index (χ1v) is 10.00. The van der Waals surface area contributed by atoms with E-state index in [9.17, 15) is 9.90 Å². The third-order valence-corrected chi connectivity index (χ3v) is 6.89. The van der Waals surface area contributed by atoms with E-state index in [0.717, 1.165) is 22.4 Å². The molecule has 3 nitrogen and oxygen atoms in total. The Kier molecular flexibility index (Phi) is 5.88. The second kappa shape index (κ2) is 7.75. The average molecular weight is 449 g/mol. The minimum atomic E-state index is -0.703. The van der Waals surface area contributed by atoms with E-state index in [0.29, 0.717) is 22.9 Å². The highest BCUT2D eigenvalue weighted by Crippen LogP contribution is 2.41. The van der Waals surface area contributed by atoms with Crippen LogP contribution in [0.4, 0.5) is 0 Å². The molecule has 0 amide bonds. The smallest absolute Gasteiger partial charge is 0.306 e. The van der Waals surface area contributed by atoms with E-state index in [2.05, 4.69) is 26.9 Å². The van der Waals surface area contributed by atoms with Crippen molar-refractivity contribution < 1.29 is 9.90 Å². The minimum Gasteiger partial charge on any atom is -0.481 e. The van der Waals surface area contributed by atoms with Gasteiger partial charge in [-0.25, -0.2) is 0 Å². The lowest BCUT2D eigenvalue weighted by Gasteiger charge is -2.36. The number of halogens is 3. The molecule has 1 atom stereocenters. The second-order valence-electron chi connectivity index (χ2n) is 5.84. The Morgan fingerprint density at radius 1 is 1.25 bits per heavy atom. The SMILES string of the molecule is O=C(O)C1CCN(C(c2ccc(Br)s2)c2cccc(Cl)c2Cl)CC1. The van der Waals surface area contributed by atoms with Gasteiger partial charge in [-0.05, 0) is 65.6 Å². The van der Waals surface area contributed by atoms with Crippen molar-refractivity contribution in [2.45, 2.75) is 18.9 Å². The van der Waals surface area contributed by atoms with Crippen molar-refractivity contribution in [3.8, 4) is 0 Å². The molecular formula is C17H16BrCl2NO2S. The molecule has 2 aromatic rings. The van der Waals surface area contributed by atoms with Gasteiger partial charge in [-0.15, -0.1) is 11.3 Å².